The molecule has 2 fully saturated rings. The zero-order chi connectivity index (χ0) is 21.1. The molecule has 1 spiro atoms. The molecule has 30 heavy (non-hydrogen) atoms. The molecule has 4 rings (SSSR count). The predicted molar refractivity (Wildman–Crippen MR) is 116 cm³/mol. The van der Waals surface area contributed by atoms with Gasteiger partial charge in [0.1, 0.15) is 11.8 Å². The fraction of sp³-hybridized carbons (Fsp3) is 0.440. The Kier molecular flexibility index (Phi) is 5.91. The van der Waals surface area contributed by atoms with Crippen molar-refractivity contribution in [2.24, 2.45) is 5.92 Å². The number of amides is 2. The van der Waals surface area contributed by atoms with E-state index in [1.807, 2.05) is 61.5 Å². The largest absolute Gasteiger partial charge is 0.353 e. The van der Waals surface area contributed by atoms with E-state index in [0.29, 0.717) is 18.0 Å². The summed E-state index contributed by atoms with van der Waals surface area (Å²) in [7, 11) is 0. The zero-order valence-electron chi connectivity index (χ0n) is 17.8. The van der Waals surface area contributed by atoms with Crippen molar-refractivity contribution < 1.29 is 14.3 Å². The van der Waals surface area contributed by atoms with Crippen molar-refractivity contribution >= 4 is 11.8 Å². The molecule has 1 aliphatic heterocycles. The van der Waals surface area contributed by atoms with Gasteiger partial charge in [0.05, 0.1) is 6.61 Å². The third kappa shape index (κ3) is 3.99. The molecule has 1 N–H and O–H groups in total. The molecule has 0 bridgehead atoms. The quantitative estimate of drug-likeness (QED) is 0.833. The number of aryl methyl sites for hydroxylation is 1. The minimum absolute atomic E-state index is 0.112. The van der Waals surface area contributed by atoms with Crippen LogP contribution in [0.3, 0.4) is 0 Å². The summed E-state index contributed by atoms with van der Waals surface area (Å²) >= 11 is 0. The summed E-state index contributed by atoms with van der Waals surface area (Å²) in [4.78, 5) is 28.6. The van der Waals surface area contributed by atoms with Crippen LogP contribution in [0.2, 0.25) is 0 Å². The fourth-order valence-electron chi connectivity index (χ4n) is 4.85. The molecule has 2 aromatic rings. The Morgan fingerprint density at radius 2 is 1.87 bits per heavy atom. The highest BCUT2D eigenvalue weighted by molar-refractivity contribution is 5.99. The number of carbonyl (C=O) groups is 2. The number of carbonyl (C=O) groups excluding carboxylic acids is 2. The Hall–Kier alpha value is -2.66. The van der Waals surface area contributed by atoms with Crippen LogP contribution in [0.4, 0.5) is 0 Å². The molecule has 2 aliphatic rings. The molecule has 5 nitrogen and oxygen atoms in total. The molecule has 1 saturated heterocycles. The summed E-state index contributed by atoms with van der Waals surface area (Å²) in [6.07, 6.45) is 3.67. The van der Waals surface area contributed by atoms with Crippen molar-refractivity contribution in [3.63, 3.8) is 0 Å². The van der Waals surface area contributed by atoms with Crippen LogP contribution in [-0.2, 0) is 16.1 Å². The summed E-state index contributed by atoms with van der Waals surface area (Å²) in [6.45, 7) is 4.81. The van der Waals surface area contributed by atoms with Gasteiger partial charge in [-0.15, -0.1) is 0 Å². The van der Waals surface area contributed by atoms with Crippen LogP contribution in [0.1, 0.15) is 54.1 Å². The topological polar surface area (TPSA) is 58.6 Å². The normalized spacial score (nSPS) is 26.0. The molecular formula is C25H30N2O3. The van der Waals surface area contributed by atoms with Crippen LogP contribution < -0.4 is 5.32 Å². The maximum Gasteiger partial charge on any atom is 0.257 e. The van der Waals surface area contributed by atoms with Crippen LogP contribution >= 0.6 is 0 Å². The highest BCUT2D eigenvalue weighted by Crippen LogP contribution is 2.43. The van der Waals surface area contributed by atoms with Gasteiger partial charge in [-0.2, -0.15) is 0 Å². The van der Waals surface area contributed by atoms with E-state index >= 15 is 0 Å². The van der Waals surface area contributed by atoms with Gasteiger partial charge in [-0.3, -0.25) is 14.5 Å². The van der Waals surface area contributed by atoms with Gasteiger partial charge in [-0.05, 0) is 49.3 Å². The van der Waals surface area contributed by atoms with E-state index in [2.05, 4.69) is 12.2 Å². The SMILES string of the molecule is Cc1ccccc1C(=O)N1[C@@H](C(=O)NCc2ccccc2)CO[C@@]12CCC[C@H](C)C2. The summed E-state index contributed by atoms with van der Waals surface area (Å²) < 4.78 is 6.28. The molecule has 5 heteroatoms. The first-order valence-electron chi connectivity index (χ1n) is 10.8. The monoisotopic (exact) mass is 406 g/mol. The molecule has 3 atom stereocenters. The molecule has 0 radical (unpaired) electrons. The lowest BCUT2D eigenvalue weighted by molar-refractivity contribution is -0.128. The number of hydrogen-bond acceptors (Lipinski definition) is 3. The average Bonchev–Trinajstić information content (AvgIpc) is 3.10. The summed E-state index contributed by atoms with van der Waals surface area (Å²) in [5, 5.41) is 3.01. The van der Waals surface area contributed by atoms with Gasteiger partial charge < -0.3 is 10.1 Å². The highest BCUT2D eigenvalue weighted by Gasteiger charge is 2.54. The van der Waals surface area contributed by atoms with E-state index in [9.17, 15) is 9.59 Å². The second-order valence-corrected chi connectivity index (χ2v) is 8.67. The number of ether oxygens (including phenoxy) is 1. The Morgan fingerprint density at radius 3 is 2.60 bits per heavy atom. The van der Waals surface area contributed by atoms with E-state index in [1.54, 1.807) is 4.90 Å². The molecule has 1 aliphatic carbocycles. The Labute approximate surface area is 178 Å². The van der Waals surface area contributed by atoms with Crippen molar-refractivity contribution in [2.75, 3.05) is 6.61 Å². The molecule has 2 aromatic carbocycles. The Morgan fingerprint density at radius 1 is 1.13 bits per heavy atom. The lowest BCUT2D eigenvalue weighted by Gasteiger charge is -2.43. The smallest absolute Gasteiger partial charge is 0.257 e. The number of benzene rings is 2. The first kappa shape index (κ1) is 20.6. The average molecular weight is 407 g/mol. The fourth-order valence-corrected chi connectivity index (χ4v) is 4.85. The van der Waals surface area contributed by atoms with E-state index in [0.717, 1.165) is 36.8 Å². The lowest BCUT2D eigenvalue weighted by atomic mass is 9.82. The molecule has 0 unspecified atom stereocenters. The van der Waals surface area contributed by atoms with Crippen molar-refractivity contribution in [1.29, 1.82) is 0 Å². The van der Waals surface area contributed by atoms with Crippen LogP contribution in [-0.4, -0.2) is 35.1 Å². The third-order valence-corrected chi connectivity index (χ3v) is 6.40. The maximum absolute atomic E-state index is 13.7. The molecule has 1 saturated carbocycles. The maximum atomic E-state index is 13.7. The van der Waals surface area contributed by atoms with Gasteiger partial charge in [0.2, 0.25) is 5.91 Å². The number of nitrogens with zero attached hydrogens (tertiary/aromatic N) is 1. The summed E-state index contributed by atoms with van der Waals surface area (Å²) in [6, 6.07) is 16.8. The van der Waals surface area contributed by atoms with Crippen LogP contribution in [0.25, 0.3) is 0 Å². The van der Waals surface area contributed by atoms with Crippen LogP contribution in [0.5, 0.6) is 0 Å². The van der Waals surface area contributed by atoms with Gasteiger partial charge in [-0.1, -0.05) is 61.9 Å². The first-order valence-corrected chi connectivity index (χ1v) is 10.8. The van der Waals surface area contributed by atoms with Gasteiger partial charge in [0.25, 0.3) is 5.91 Å². The number of nitrogens with one attached hydrogen (secondary N) is 1. The second-order valence-electron chi connectivity index (χ2n) is 8.67. The van der Waals surface area contributed by atoms with Gasteiger partial charge in [0, 0.05) is 12.1 Å². The van der Waals surface area contributed by atoms with Gasteiger partial charge in [-0.25, -0.2) is 0 Å². The van der Waals surface area contributed by atoms with Gasteiger partial charge in [0.15, 0.2) is 0 Å². The molecule has 2 amide bonds. The molecule has 0 aromatic heterocycles. The van der Waals surface area contributed by atoms with Crippen LogP contribution in [0.15, 0.2) is 54.6 Å². The van der Waals surface area contributed by atoms with Crippen LogP contribution in [0, 0.1) is 12.8 Å². The Balaban J connectivity index is 1.61. The summed E-state index contributed by atoms with van der Waals surface area (Å²) in [5.41, 5.74) is 1.90. The third-order valence-electron chi connectivity index (χ3n) is 6.40. The van der Waals surface area contributed by atoms with E-state index in [1.165, 1.54) is 0 Å². The van der Waals surface area contributed by atoms with Gasteiger partial charge >= 0.3 is 0 Å². The minimum atomic E-state index is -0.689. The predicted octanol–water partition coefficient (Wildman–Crippen LogP) is 4.06. The molecule has 158 valence electrons. The van der Waals surface area contributed by atoms with Crippen molar-refractivity contribution in [1.82, 2.24) is 10.2 Å². The first-order chi connectivity index (χ1) is 14.5. The lowest BCUT2D eigenvalue weighted by Crippen LogP contribution is -2.57. The number of rotatable bonds is 4. The zero-order valence-corrected chi connectivity index (χ0v) is 17.8. The molecular weight excluding hydrogens is 376 g/mol. The van der Waals surface area contributed by atoms with Crippen molar-refractivity contribution in [3.05, 3.63) is 71.3 Å². The van der Waals surface area contributed by atoms with Crippen molar-refractivity contribution in [2.45, 2.75) is 57.8 Å². The van der Waals surface area contributed by atoms with E-state index in [-0.39, 0.29) is 18.4 Å². The van der Waals surface area contributed by atoms with E-state index < -0.39 is 11.8 Å². The molecule has 1 heterocycles. The highest BCUT2D eigenvalue weighted by atomic mass is 16.5. The number of hydrogen-bond donors (Lipinski definition) is 1. The minimum Gasteiger partial charge on any atom is -0.353 e. The Bertz CT molecular complexity index is 914. The standard InChI is InChI=1S/C25H30N2O3/c1-18-9-8-14-25(15-18)27(24(29)21-13-7-6-10-19(21)2)22(17-30-25)23(28)26-16-20-11-4-3-5-12-20/h3-7,10-13,18,22H,8-9,14-17H2,1-2H3,(H,26,28)/t18-,22+,25+/m0/s1. The second kappa shape index (κ2) is 8.60. The van der Waals surface area contributed by atoms with Crippen molar-refractivity contribution in [3.8, 4) is 0 Å². The summed E-state index contributed by atoms with van der Waals surface area (Å²) in [5.74, 6) is 0.188. The van der Waals surface area contributed by atoms with E-state index in [4.69, 9.17) is 4.74 Å².